The third-order valence-electron chi connectivity index (χ3n) is 7.53. The average Bonchev–Trinajstić information content (AvgIpc) is 2.83. The predicted octanol–water partition coefficient (Wildman–Crippen LogP) is 7.46. The molecule has 0 bridgehead atoms. The second-order valence-corrected chi connectivity index (χ2v) is 10.2. The van der Waals surface area contributed by atoms with E-state index in [1.54, 1.807) is 0 Å². The van der Waals surface area contributed by atoms with Crippen LogP contribution in [0.5, 0.6) is 0 Å². The summed E-state index contributed by atoms with van der Waals surface area (Å²) in [5.74, 6) is -0.0646. The Hall–Kier alpha value is -0.650. The number of hydrogen-bond acceptors (Lipinski definition) is 5. The lowest BCUT2D eigenvalue weighted by Gasteiger charge is -2.29. The minimum atomic E-state index is -0.454. The molecule has 2 saturated carbocycles. The molecule has 0 aliphatic heterocycles. The summed E-state index contributed by atoms with van der Waals surface area (Å²) in [6, 6.07) is 0. The number of carbonyl (C=O) groups excluding carboxylic acids is 1. The number of esters is 1. The standard InChI is InChI=1S/C27H50O5/c1-2-3-4-5-6-7-14-19-25(26(32-29)22-23-15-10-8-11-16-23)27(28)31-21-20-30-24-17-12-9-13-18-24/h23-26,29H,2-22H2,1H3. The largest absolute Gasteiger partial charge is 0.463 e. The van der Waals surface area contributed by atoms with Crippen LogP contribution in [0.3, 0.4) is 0 Å². The van der Waals surface area contributed by atoms with E-state index < -0.39 is 6.10 Å². The van der Waals surface area contributed by atoms with E-state index in [0.717, 1.165) is 38.5 Å². The molecule has 5 nitrogen and oxygen atoms in total. The highest BCUT2D eigenvalue weighted by Gasteiger charge is 2.33. The molecule has 188 valence electrons. The highest BCUT2D eigenvalue weighted by molar-refractivity contribution is 5.73. The number of rotatable bonds is 17. The van der Waals surface area contributed by atoms with Crippen molar-refractivity contribution < 1.29 is 24.4 Å². The molecule has 5 heteroatoms. The maximum atomic E-state index is 13.0. The summed E-state index contributed by atoms with van der Waals surface area (Å²) in [4.78, 5) is 17.9. The van der Waals surface area contributed by atoms with Gasteiger partial charge < -0.3 is 9.47 Å². The lowest BCUT2D eigenvalue weighted by molar-refractivity contribution is -0.294. The van der Waals surface area contributed by atoms with Gasteiger partial charge in [0.1, 0.15) is 12.7 Å². The van der Waals surface area contributed by atoms with Crippen LogP contribution in [0.2, 0.25) is 0 Å². The van der Waals surface area contributed by atoms with Crippen molar-refractivity contribution in [1.82, 2.24) is 0 Å². The predicted molar refractivity (Wildman–Crippen MR) is 129 cm³/mol. The van der Waals surface area contributed by atoms with Crippen LogP contribution in [-0.4, -0.2) is 36.6 Å². The first kappa shape index (κ1) is 27.6. The quantitative estimate of drug-likeness (QED) is 0.107. The Morgan fingerprint density at radius 1 is 0.844 bits per heavy atom. The van der Waals surface area contributed by atoms with E-state index in [1.165, 1.54) is 83.5 Å². The highest BCUT2D eigenvalue weighted by Crippen LogP contribution is 2.32. The monoisotopic (exact) mass is 454 g/mol. The molecule has 0 heterocycles. The Morgan fingerprint density at radius 2 is 1.47 bits per heavy atom. The first-order valence-corrected chi connectivity index (χ1v) is 13.8. The van der Waals surface area contributed by atoms with E-state index in [9.17, 15) is 10.1 Å². The molecule has 2 unspecified atom stereocenters. The van der Waals surface area contributed by atoms with E-state index in [2.05, 4.69) is 6.92 Å². The first-order valence-electron chi connectivity index (χ1n) is 13.8. The molecule has 0 aromatic rings. The Morgan fingerprint density at radius 3 is 2.12 bits per heavy atom. The summed E-state index contributed by atoms with van der Waals surface area (Å²) in [5.41, 5.74) is 0. The zero-order chi connectivity index (χ0) is 22.9. The Labute approximate surface area is 196 Å². The summed E-state index contributed by atoms with van der Waals surface area (Å²) in [6.45, 7) is 3.00. The molecule has 2 fully saturated rings. The van der Waals surface area contributed by atoms with Crippen LogP contribution in [-0.2, 0) is 19.2 Å². The molecule has 32 heavy (non-hydrogen) atoms. The second kappa shape index (κ2) is 17.8. The van der Waals surface area contributed by atoms with Gasteiger partial charge in [-0.1, -0.05) is 103 Å². The van der Waals surface area contributed by atoms with Gasteiger partial charge in [-0.2, -0.15) is 0 Å². The van der Waals surface area contributed by atoms with Crippen molar-refractivity contribution in [3.05, 3.63) is 0 Å². The summed E-state index contributed by atoms with van der Waals surface area (Å²) in [7, 11) is 0. The van der Waals surface area contributed by atoms with E-state index >= 15 is 0 Å². The first-order chi connectivity index (χ1) is 15.7. The Bertz CT molecular complexity index is 457. The molecule has 2 aliphatic rings. The van der Waals surface area contributed by atoms with Crippen LogP contribution in [0, 0.1) is 11.8 Å². The molecule has 1 N–H and O–H groups in total. The zero-order valence-corrected chi connectivity index (χ0v) is 20.7. The van der Waals surface area contributed by atoms with Gasteiger partial charge in [0.25, 0.3) is 0 Å². The third-order valence-corrected chi connectivity index (χ3v) is 7.53. The molecular formula is C27H50O5. The van der Waals surface area contributed by atoms with Gasteiger partial charge in [0.15, 0.2) is 0 Å². The summed E-state index contributed by atoms with van der Waals surface area (Å²) in [5, 5.41) is 9.69. The van der Waals surface area contributed by atoms with Crippen molar-refractivity contribution in [3.63, 3.8) is 0 Å². The molecule has 0 radical (unpaired) electrons. The molecule has 2 rings (SSSR count). The van der Waals surface area contributed by atoms with Crippen molar-refractivity contribution in [1.29, 1.82) is 0 Å². The number of hydrogen-bond donors (Lipinski definition) is 1. The van der Waals surface area contributed by atoms with E-state index in [1.807, 2.05) is 0 Å². The SMILES string of the molecule is CCCCCCCCCC(C(=O)OCCOC1CCCCC1)C(CC1CCCCC1)OO. The van der Waals surface area contributed by atoms with Crippen LogP contribution < -0.4 is 0 Å². The molecule has 0 aromatic heterocycles. The van der Waals surface area contributed by atoms with Crippen molar-refractivity contribution in [2.45, 2.75) is 141 Å². The fourth-order valence-electron chi connectivity index (χ4n) is 5.50. The molecule has 0 spiro atoms. The van der Waals surface area contributed by atoms with Gasteiger partial charge in [0.05, 0.1) is 18.6 Å². The fourth-order valence-corrected chi connectivity index (χ4v) is 5.50. The molecule has 0 amide bonds. The molecule has 0 aromatic carbocycles. The third kappa shape index (κ3) is 11.5. The van der Waals surface area contributed by atoms with E-state index in [-0.39, 0.29) is 11.9 Å². The second-order valence-electron chi connectivity index (χ2n) is 10.2. The lowest BCUT2D eigenvalue weighted by Crippen LogP contribution is -2.34. The Balaban J connectivity index is 1.77. The van der Waals surface area contributed by atoms with Gasteiger partial charge in [-0.25, -0.2) is 4.89 Å². The molecule has 2 aliphatic carbocycles. The van der Waals surface area contributed by atoms with E-state index in [4.69, 9.17) is 14.4 Å². The van der Waals surface area contributed by atoms with Gasteiger partial charge in [-0.15, -0.1) is 0 Å². The van der Waals surface area contributed by atoms with Gasteiger partial charge in [-0.05, 0) is 31.6 Å². The smallest absolute Gasteiger partial charge is 0.311 e. The van der Waals surface area contributed by atoms with Crippen LogP contribution in [0.15, 0.2) is 0 Å². The molecular weight excluding hydrogens is 404 g/mol. The fraction of sp³-hybridized carbons (Fsp3) is 0.963. The number of unbranched alkanes of at least 4 members (excludes halogenated alkanes) is 6. The van der Waals surface area contributed by atoms with Crippen LogP contribution in [0.25, 0.3) is 0 Å². The van der Waals surface area contributed by atoms with Crippen LogP contribution in [0.4, 0.5) is 0 Å². The summed E-state index contributed by atoms with van der Waals surface area (Å²) in [6.07, 6.45) is 22.0. The summed E-state index contributed by atoms with van der Waals surface area (Å²) < 4.78 is 11.5. The van der Waals surface area contributed by atoms with Crippen LogP contribution >= 0.6 is 0 Å². The molecule has 0 saturated heterocycles. The zero-order valence-electron chi connectivity index (χ0n) is 20.7. The number of ether oxygens (including phenoxy) is 2. The highest BCUT2D eigenvalue weighted by atomic mass is 17.1. The Kier molecular flexibility index (Phi) is 15.3. The molecule has 2 atom stereocenters. The maximum Gasteiger partial charge on any atom is 0.311 e. The minimum Gasteiger partial charge on any atom is -0.463 e. The van der Waals surface area contributed by atoms with Crippen molar-refractivity contribution in [2.24, 2.45) is 11.8 Å². The van der Waals surface area contributed by atoms with Gasteiger partial charge in [0, 0.05) is 0 Å². The van der Waals surface area contributed by atoms with Gasteiger partial charge >= 0.3 is 5.97 Å². The lowest BCUT2D eigenvalue weighted by atomic mass is 9.81. The summed E-state index contributed by atoms with van der Waals surface area (Å²) >= 11 is 0. The van der Waals surface area contributed by atoms with Gasteiger partial charge in [-0.3, -0.25) is 10.1 Å². The van der Waals surface area contributed by atoms with Crippen LogP contribution in [0.1, 0.15) is 129 Å². The van der Waals surface area contributed by atoms with Crippen molar-refractivity contribution in [3.8, 4) is 0 Å². The number of carbonyl (C=O) groups is 1. The average molecular weight is 455 g/mol. The normalized spacial score (nSPS) is 20.2. The minimum absolute atomic E-state index is 0.224. The topological polar surface area (TPSA) is 65.0 Å². The van der Waals surface area contributed by atoms with Crippen molar-refractivity contribution in [2.75, 3.05) is 13.2 Å². The van der Waals surface area contributed by atoms with Gasteiger partial charge in [0.2, 0.25) is 0 Å². The maximum absolute atomic E-state index is 13.0. The van der Waals surface area contributed by atoms with E-state index in [0.29, 0.717) is 25.2 Å². The van der Waals surface area contributed by atoms with Crippen molar-refractivity contribution >= 4 is 5.97 Å².